The molecule has 1 rings (SSSR count). The van der Waals surface area contributed by atoms with E-state index in [1.54, 1.807) is 19.1 Å². The molecule has 0 aliphatic rings. The van der Waals surface area contributed by atoms with Gasteiger partial charge in [-0.25, -0.2) is 4.79 Å². The van der Waals surface area contributed by atoms with Crippen LogP contribution in [0.25, 0.3) is 0 Å². The molecule has 0 saturated carbocycles. The van der Waals surface area contributed by atoms with Gasteiger partial charge in [0.15, 0.2) is 0 Å². The van der Waals surface area contributed by atoms with Gasteiger partial charge >= 0.3 is 12.1 Å². The van der Waals surface area contributed by atoms with Crippen molar-refractivity contribution in [2.45, 2.75) is 20.0 Å². The molecular formula is C12H15NO4. The zero-order valence-corrected chi connectivity index (χ0v) is 9.55. The van der Waals surface area contributed by atoms with Gasteiger partial charge in [-0.2, -0.15) is 0 Å². The van der Waals surface area contributed by atoms with Crippen LogP contribution >= 0.6 is 0 Å². The Kier molecular flexibility index (Phi) is 4.51. The first kappa shape index (κ1) is 13.0. The molecule has 0 spiro atoms. The molecule has 1 unspecified atom stereocenters. The summed E-state index contributed by atoms with van der Waals surface area (Å²) in [6.45, 7) is 1.70. The van der Waals surface area contributed by atoms with E-state index >= 15 is 0 Å². The van der Waals surface area contributed by atoms with Crippen molar-refractivity contribution < 1.29 is 19.4 Å². The fourth-order valence-electron chi connectivity index (χ4n) is 1.46. The third kappa shape index (κ3) is 4.14. The maximum atomic E-state index is 10.8. The Hall–Kier alpha value is -2.04. The Labute approximate surface area is 99.2 Å². The third-order valence-electron chi connectivity index (χ3n) is 2.44. The average molecular weight is 237 g/mol. The Morgan fingerprint density at radius 2 is 1.94 bits per heavy atom. The van der Waals surface area contributed by atoms with Crippen LogP contribution in [0.3, 0.4) is 0 Å². The van der Waals surface area contributed by atoms with E-state index in [2.05, 4.69) is 0 Å². The van der Waals surface area contributed by atoms with Crippen molar-refractivity contribution in [2.24, 2.45) is 11.7 Å². The molecule has 0 aliphatic heterocycles. The fraction of sp³-hybridized carbons (Fsp3) is 0.333. The van der Waals surface area contributed by atoms with E-state index in [0.717, 1.165) is 11.1 Å². The molecule has 0 aliphatic carbocycles. The second kappa shape index (κ2) is 5.89. The number of aliphatic carboxylic acids is 1. The topological polar surface area (TPSA) is 89.6 Å². The lowest BCUT2D eigenvalue weighted by Crippen LogP contribution is -2.15. The largest absolute Gasteiger partial charge is 0.481 e. The van der Waals surface area contributed by atoms with Gasteiger partial charge in [-0.15, -0.1) is 0 Å². The van der Waals surface area contributed by atoms with E-state index in [1.807, 2.05) is 12.1 Å². The summed E-state index contributed by atoms with van der Waals surface area (Å²) in [6.07, 6.45) is -0.445. The molecule has 0 heterocycles. The number of hydrogen-bond acceptors (Lipinski definition) is 3. The molecule has 5 nitrogen and oxygen atoms in total. The molecule has 0 radical (unpaired) electrons. The molecule has 0 saturated heterocycles. The highest BCUT2D eigenvalue weighted by Gasteiger charge is 2.14. The summed E-state index contributed by atoms with van der Waals surface area (Å²) in [7, 11) is 0. The highest BCUT2D eigenvalue weighted by molar-refractivity contribution is 5.70. The monoisotopic (exact) mass is 237 g/mol. The van der Waals surface area contributed by atoms with Crippen molar-refractivity contribution in [1.82, 2.24) is 0 Å². The van der Waals surface area contributed by atoms with Crippen LogP contribution in [0.2, 0.25) is 0 Å². The zero-order valence-electron chi connectivity index (χ0n) is 9.55. The van der Waals surface area contributed by atoms with Crippen molar-refractivity contribution in [3.05, 3.63) is 35.4 Å². The standard InChI is InChI=1S/C12H15NO4/c1-8(11(14)15)6-9-4-2-3-5-10(9)7-17-12(13)16/h2-5,8H,6-7H2,1H3,(H2,13,16)(H,14,15). The Morgan fingerprint density at radius 1 is 1.35 bits per heavy atom. The van der Waals surface area contributed by atoms with E-state index in [-0.39, 0.29) is 6.61 Å². The van der Waals surface area contributed by atoms with Crippen LogP contribution in [0, 0.1) is 5.92 Å². The maximum absolute atomic E-state index is 10.8. The maximum Gasteiger partial charge on any atom is 0.404 e. The Morgan fingerprint density at radius 3 is 2.47 bits per heavy atom. The molecule has 1 amide bonds. The molecule has 1 aromatic carbocycles. The lowest BCUT2D eigenvalue weighted by molar-refractivity contribution is -0.141. The lowest BCUT2D eigenvalue weighted by Gasteiger charge is -2.11. The minimum absolute atomic E-state index is 0.0673. The van der Waals surface area contributed by atoms with Crippen LogP contribution in [0.1, 0.15) is 18.1 Å². The third-order valence-corrected chi connectivity index (χ3v) is 2.44. The van der Waals surface area contributed by atoms with Gasteiger partial charge in [0.1, 0.15) is 6.61 Å². The van der Waals surface area contributed by atoms with Crippen molar-refractivity contribution in [1.29, 1.82) is 0 Å². The Bertz CT molecular complexity index is 417. The zero-order chi connectivity index (χ0) is 12.8. The average Bonchev–Trinajstić information content (AvgIpc) is 2.27. The molecule has 0 bridgehead atoms. The molecule has 5 heteroatoms. The van der Waals surface area contributed by atoms with Crippen LogP contribution in [-0.2, 0) is 22.6 Å². The number of carbonyl (C=O) groups excluding carboxylic acids is 1. The molecular weight excluding hydrogens is 222 g/mol. The van der Waals surface area contributed by atoms with E-state index in [4.69, 9.17) is 15.6 Å². The van der Waals surface area contributed by atoms with Crippen LogP contribution < -0.4 is 5.73 Å². The van der Waals surface area contributed by atoms with E-state index < -0.39 is 18.0 Å². The normalized spacial score (nSPS) is 11.8. The van der Waals surface area contributed by atoms with Crippen LogP contribution in [-0.4, -0.2) is 17.2 Å². The number of carboxylic acids is 1. The second-order valence-electron chi connectivity index (χ2n) is 3.82. The highest BCUT2D eigenvalue weighted by Crippen LogP contribution is 2.15. The predicted octanol–water partition coefficient (Wildman–Crippen LogP) is 1.55. The van der Waals surface area contributed by atoms with E-state index in [1.165, 1.54) is 0 Å². The minimum atomic E-state index is -0.851. The molecule has 0 aromatic heterocycles. The number of ether oxygens (including phenoxy) is 1. The first-order valence-corrected chi connectivity index (χ1v) is 5.22. The summed E-state index contributed by atoms with van der Waals surface area (Å²) in [4.78, 5) is 21.3. The number of hydrogen-bond donors (Lipinski definition) is 2. The highest BCUT2D eigenvalue weighted by atomic mass is 16.5. The molecule has 1 atom stereocenters. The minimum Gasteiger partial charge on any atom is -0.481 e. The summed E-state index contributed by atoms with van der Waals surface area (Å²) in [6, 6.07) is 7.22. The number of rotatable bonds is 5. The predicted molar refractivity (Wildman–Crippen MR) is 61.3 cm³/mol. The van der Waals surface area contributed by atoms with Gasteiger partial charge in [-0.05, 0) is 17.5 Å². The van der Waals surface area contributed by atoms with Gasteiger partial charge in [-0.3, -0.25) is 4.79 Å². The molecule has 92 valence electrons. The summed E-state index contributed by atoms with van der Waals surface area (Å²) in [5.41, 5.74) is 6.51. The summed E-state index contributed by atoms with van der Waals surface area (Å²) >= 11 is 0. The SMILES string of the molecule is CC(Cc1ccccc1COC(N)=O)C(=O)O. The molecule has 3 N–H and O–H groups in total. The molecule has 1 aromatic rings. The first-order chi connectivity index (χ1) is 8.00. The van der Waals surface area contributed by atoms with Gasteiger partial charge in [0, 0.05) is 0 Å². The summed E-state index contributed by atoms with van der Waals surface area (Å²) < 4.78 is 4.70. The van der Waals surface area contributed by atoms with Gasteiger partial charge in [-0.1, -0.05) is 31.2 Å². The quantitative estimate of drug-likeness (QED) is 0.812. The van der Waals surface area contributed by atoms with Gasteiger partial charge in [0.05, 0.1) is 5.92 Å². The summed E-state index contributed by atoms with van der Waals surface area (Å²) in [5.74, 6) is -1.33. The number of carboxylic acid groups (broad SMARTS) is 1. The smallest absolute Gasteiger partial charge is 0.404 e. The molecule has 0 fully saturated rings. The summed E-state index contributed by atoms with van der Waals surface area (Å²) in [5, 5.41) is 8.85. The van der Waals surface area contributed by atoms with Crippen molar-refractivity contribution >= 4 is 12.1 Å². The van der Waals surface area contributed by atoms with Crippen LogP contribution in [0.15, 0.2) is 24.3 Å². The number of nitrogens with two attached hydrogens (primary N) is 1. The van der Waals surface area contributed by atoms with Crippen molar-refractivity contribution in [3.8, 4) is 0 Å². The second-order valence-corrected chi connectivity index (χ2v) is 3.82. The molecule has 17 heavy (non-hydrogen) atoms. The van der Waals surface area contributed by atoms with E-state index in [0.29, 0.717) is 6.42 Å². The van der Waals surface area contributed by atoms with Crippen LogP contribution in [0.4, 0.5) is 4.79 Å². The van der Waals surface area contributed by atoms with Crippen LogP contribution in [0.5, 0.6) is 0 Å². The number of amides is 1. The first-order valence-electron chi connectivity index (χ1n) is 5.22. The van der Waals surface area contributed by atoms with Gasteiger partial charge < -0.3 is 15.6 Å². The number of carbonyl (C=O) groups is 2. The number of primary amides is 1. The van der Waals surface area contributed by atoms with E-state index in [9.17, 15) is 9.59 Å². The number of benzene rings is 1. The fourth-order valence-corrected chi connectivity index (χ4v) is 1.46. The van der Waals surface area contributed by atoms with Crippen molar-refractivity contribution in [3.63, 3.8) is 0 Å². The Balaban J connectivity index is 2.77. The van der Waals surface area contributed by atoms with Gasteiger partial charge in [0.25, 0.3) is 0 Å². The lowest BCUT2D eigenvalue weighted by atomic mass is 9.97. The van der Waals surface area contributed by atoms with Gasteiger partial charge in [0.2, 0.25) is 0 Å². The van der Waals surface area contributed by atoms with Crippen molar-refractivity contribution in [2.75, 3.05) is 0 Å².